The lowest BCUT2D eigenvalue weighted by molar-refractivity contribution is -0.137. The molecular weight excluding hydrogens is 229 g/mol. The minimum absolute atomic E-state index is 0.215. The lowest BCUT2D eigenvalue weighted by Crippen LogP contribution is -2.04. The third-order valence-electron chi connectivity index (χ3n) is 1.73. The third kappa shape index (κ3) is 3.25. The summed E-state index contributed by atoms with van der Waals surface area (Å²) in [6.45, 7) is -0.243. The van der Waals surface area contributed by atoms with E-state index in [1.54, 1.807) is 0 Å². The number of benzene rings is 1. The molecular formula is C10H8ClF3O. The number of halogens is 4. The SMILES string of the molecule is OC/C=C/c1cc(C(F)(F)F)ccc1Cl. The molecule has 0 spiro atoms. The molecule has 82 valence electrons. The molecule has 5 heteroatoms. The van der Waals surface area contributed by atoms with Gasteiger partial charge in [0.1, 0.15) is 0 Å². The normalized spacial score (nSPS) is 12.3. The molecule has 1 aromatic carbocycles. The summed E-state index contributed by atoms with van der Waals surface area (Å²) in [5, 5.41) is 8.71. The second-order valence-electron chi connectivity index (χ2n) is 2.82. The number of aliphatic hydroxyl groups excluding tert-OH is 1. The van der Waals surface area contributed by atoms with Crippen molar-refractivity contribution in [3.8, 4) is 0 Å². The first kappa shape index (κ1) is 12.1. The van der Waals surface area contributed by atoms with Crippen LogP contribution in [0.3, 0.4) is 0 Å². The minimum atomic E-state index is -4.38. The molecule has 0 radical (unpaired) electrons. The van der Waals surface area contributed by atoms with Crippen LogP contribution in [0.2, 0.25) is 5.02 Å². The molecule has 0 saturated heterocycles. The van der Waals surface area contributed by atoms with Crippen LogP contribution in [-0.2, 0) is 6.18 Å². The zero-order chi connectivity index (χ0) is 11.5. The van der Waals surface area contributed by atoms with Gasteiger partial charge in [0.15, 0.2) is 0 Å². The number of alkyl halides is 3. The van der Waals surface area contributed by atoms with Gasteiger partial charge in [0.05, 0.1) is 12.2 Å². The Bertz CT molecular complexity index is 371. The van der Waals surface area contributed by atoms with E-state index in [0.29, 0.717) is 0 Å². The first-order valence-corrected chi connectivity index (χ1v) is 4.47. The molecule has 0 unspecified atom stereocenters. The van der Waals surface area contributed by atoms with Crippen LogP contribution in [0.25, 0.3) is 6.08 Å². The molecule has 0 fully saturated rings. The first-order chi connectivity index (χ1) is 6.95. The topological polar surface area (TPSA) is 20.2 Å². The molecule has 0 heterocycles. The quantitative estimate of drug-likeness (QED) is 0.835. The molecule has 0 aliphatic heterocycles. The van der Waals surface area contributed by atoms with Crippen LogP contribution in [0, 0.1) is 0 Å². The molecule has 0 aliphatic rings. The second kappa shape index (κ2) is 4.68. The average Bonchev–Trinajstić information content (AvgIpc) is 2.15. The summed E-state index contributed by atoms with van der Waals surface area (Å²) in [7, 11) is 0. The summed E-state index contributed by atoms with van der Waals surface area (Å²) >= 11 is 5.68. The maximum absolute atomic E-state index is 12.3. The van der Waals surface area contributed by atoms with Crippen molar-refractivity contribution in [2.75, 3.05) is 6.61 Å². The van der Waals surface area contributed by atoms with Gasteiger partial charge in [-0.3, -0.25) is 0 Å². The largest absolute Gasteiger partial charge is 0.416 e. The van der Waals surface area contributed by atoms with E-state index in [1.165, 1.54) is 18.2 Å². The Balaban J connectivity index is 3.11. The fraction of sp³-hybridized carbons (Fsp3) is 0.200. The van der Waals surface area contributed by atoms with Gasteiger partial charge in [0, 0.05) is 5.02 Å². The van der Waals surface area contributed by atoms with Crippen LogP contribution >= 0.6 is 11.6 Å². The van der Waals surface area contributed by atoms with Gasteiger partial charge in [-0.25, -0.2) is 0 Å². The van der Waals surface area contributed by atoms with E-state index < -0.39 is 11.7 Å². The Labute approximate surface area is 89.8 Å². The maximum Gasteiger partial charge on any atom is 0.416 e. The molecule has 1 nitrogen and oxygen atoms in total. The molecule has 0 bridgehead atoms. The van der Waals surface area contributed by atoms with Crippen molar-refractivity contribution >= 4 is 17.7 Å². The zero-order valence-corrected chi connectivity index (χ0v) is 8.31. The molecule has 1 rings (SSSR count). The van der Waals surface area contributed by atoms with Crippen LogP contribution in [0.15, 0.2) is 24.3 Å². The van der Waals surface area contributed by atoms with Crippen molar-refractivity contribution in [2.24, 2.45) is 0 Å². The molecule has 1 N–H and O–H groups in total. The summed E-state index contributed by atoms with van der Waals surface area (Å²) in [6.07, 6.45) is -1.72. The van der Waals surface area contributed by atoms with Gasteiger partial charge in [-0.2, -0.15) is 13.2 Å². The Morgan fingerprint density at radius 1 is 1.33 bits per heavy atom. The predicted molar refractivity (Wildman–Crippen MR) is 52.6 cm³/mol. The summed E-state index contributed by atoms with van der Waals surface area (Å²) in [4.78, 5) is 0. The Kier molecular flexibility index (Phi) is 3.77. The monoisotopic (exact) mass is 236 g/mol. The van der Waals surface area contributed by atoms with Crippen LogP contribution in [0.1, 0.15) is 11.1 Å². The van der Waals surface area contributed by atoms with Crippen LogP contribution in [0.4, 0.5) is 13.2 Å². The Hall–Kier alpha value is -1.00. The third-order valence-corrected chi connectivity index (χ3v) is 2.07. The lowest BCUT2D eigenvalue weighted by atomic mass is 10.1. The average molecular weight is 237 g/mol. The van der Waals surface area contributed by atoms with Gasteiger partial charge in [0.2, 0.25) is 0 Å². The van der Waals surface area contributed by atoms with Crippen LogP contribution in [-0.4, -0.2) is 11.7 Å². The molecule has 0 atom stereocenters. The standard InChI is InChI=1S/C10H8ClF3O/c11-9-4-3-8(10(12,13)14)6-7(9)2-1-5-15/h1-4,6,15H,5H2/b2-1+. The first-order valence-electron chi connectivity index (χ1n) is 4.09. The van der Waals surface area contributed by atoms with E-state index in [2.05, 4.69) is 0 Å². The van der Waals surface area contributed by atoms with Crippen molar-refractivity contribution in [2.45, 2.75) is 6.18 Å². The van der Waals surface area contributed by atoms with Gasteiger partial charge in [0.25, 0.3) is 0 Å². The molecule has 1 aromatic rings. The maximum atomic E-state index is 12.3. The predicted octanol–water partition coefficient (Wildman–Crippen LogP) is 3.36. The van der Waals surface area contributed by atoms with E-state index in [9.17, 15) is 13.2 Å². The molecule has 0 aliphatic carbocycles. The van der Waals surface area contributed by atoms with Crippen LogP contribution < -0.4 is 0 Å². The van der Waals surface area contributed by atoms with E-state index >= 15 is 0 Å². The number of hydrogen-bond donors (Lipinski definition) is 1. The lowest BCUT2D eigenvalue weighted by Gasteiger charge is -2.08. The van der Waals surface area contributed by atoms with Crippen molar-refractivity contribution in [3.63, 3.8) is 0 Å². The minimum Gasteiger partial charge on any atom is -0.392 e. The van der Waals surface area contributed by atoms with Gasteiger partial charge in [-0.05, 0) is 23.8 Å². The number of rotatable bonds is 2. The second-order valence-corrected chi connectivity index (χ2v) is 3.23. The Morgan fingerprint density at radius 3 is 2.53 bits per heavy atom. The zero-order valence-electron chi connectivity index (χ0n) is 7.55. The summed E-state index contributed by atoms with van der Waals surface area (Å²) in [5.74, 6) is 0. The van der Waals surface area contributed by atoms with E-state index in [-0.39, 0.29) is 17.2 Å². The smallest absolute Gasteiger partial charge is 0.392 e. The van der Waals surface area contributed by atoms with Gasteiger partial charge < -0.3 is 5.11 Å². The highest BCUT2D eigenvalue weighted by Crippen LogP contribution is 2.32. The van der Waals surface area contributed by atoms with Crippen molar-refractivity contribution in [3.05, 3.63) is 40.4 Å². The summed E-state index contributed by atoms with van der Waals surface area (Å²) in [5.41, 5.74) is -0.523. The van der Waals surface area contributed by atoms with Crippen molar-refractivity contribution < 1.29 is 18.3 Å². The van der Waals surface area contributed by atoms with Crippen LogP contribution in [0.5, 0.6) is 0 Å². The van der Waals surface area contributed by atoms with E-state index in [4.69, 9.17) is 16.7 Å². The number of hydrogen-bond acceptors (Lipinski definition) is 1. The van der Waals surface area contributed by atoms with Crippen molar-refractivity contribution in [1.82, 2.24) is 0 Å². The molecule has 0 amide bonds. The highest BCUT2D eigenvalue weighted by molar-refractivity contribution is 6.32. The van der Waals surface area contributed by atoms with E-state index in [1.807, 2.05) is 0 Å². The highest BCUT2D eigenvalue weighted by Gasteiger charge is 2.30. The molecule has 15 heavy (non-hydrogen) atoms. The van der Waals surface area contributed by atoms with Gasteiger partial charge in [-0.1, -0.05) is 23.8 Å². The highest BCUT2D eigenvalue weighted by atomic mass is 35.5. The number of aliphatic hydroxyl groups is 1. The van der Waals surface area contributed by atoms with Gasteiger partial charge in [-0.15, -0.1) is 0 Å². The van der Waals surface area contributed by atoms with Gasteiger partial charge >= 0.3 is 6.18 Å². The summed E-state index contributed by atoms with van der Waals surface area (Å²) < 4.78 is 36.9. The molecule has 0 aromatic heterocycles. The fourth-order valence-corrected chi connectivity index (χ4v) is 1.21. The van der Waals surface area contributed by atoms with Crippen molar-refractivity contribution in [1.29, 1.82) is 0 Å². The Morgan fingerprint density at radius 2 is 2.00 bits per heavy atom. The fourth-order valence-electron chi connectivity index (χ4n) is 1.03. The summed E-state index contributed by atoms with van der Waals surface area (Å²) in [6, 6.07) is 3.04. The molecule has 0 saturated carbocycles. The van der Waals surface area contributed by atoms with E-state index in [0.717, 1.165) is 12.1 Å².